The van der Waals surface area contributed by atoms with Crippen molar-refractivity contribution in [2.24, 2.45) is 5.73 Å². The molecule has 0 amide bonds. The zero-order chi connectivity index (χ0) is 14.8. The minimum Gasteiger partial charge on any atom is -0.480 e. The van der Waals surface area contributed by atoms with E-state index in [0.717, 1.165) is 0 Å². The molecule has 1 fully saturated rings. The van der Waals surface area contributed by atoms with Gasteiger partial charge < -0.3 is 30.9 Å². The Hall–Kier alpha value is -0.870. The molecule has 0 aliphatic carbocycles. The van der Waals surface area contributed by atoms with Crippen molar-refractivity contribution < 1.29 is 38.7 Å². The highest BCUT2D eigenvalue weighted by Crippen LogP contribution is 2.34. The van der Waals surface area contributed by atoms with E-state index in [-0.39, 0.29) is 0 Å². The largest absolute Gasteiger partial charge is 0.480 e. The normalized spacial score (nSPS) is 34.0. The Morgan fingerprint density at radius 1 is 1.47 bits per heavy atom. The Labute approximate surface area is 107 Å². The van der Waals surface area contributed by atoms with E-state index in [2.05, 4.69) is 0 Å². The first-order chi connectivity index (χ1) is 8.69. The molecule has 1 aliphatic rings. The molecule has 0 radical (unpaired) electrons. The van der Waals surface area contributed by atoms with Crippen molar-refractivity contribution in [1.82, 2.24) is 0 Å². The first kappa shape index (κ1) is 16.2. The van der Waals surface area contributed by atoms with Crippen LogP contribution in [0.5, 0.6) is 0 Å². The quantitative estimate of drug-likeness (QED) is 0.406. The Kier molecular flexibility index (Phi) is 5.16. The number of carboxylic acid groups (broad SMARTS) is 1. The number of nitrogens with two attached hydrogens (primary N) is 1. The lowest BCUT2D eigenvalue weighted by Crippen LogP contribution is -2.56. The second-order valence-electron chi connectivity index (χ2n) is 4.55. The highest BCUT2D eigenvalue weighted by Gasteiger charge is 2.49. The van der Waals surface area contributed by atoms with Crippen LogP contribution in [0.2, 0.25) is 0 Å². The summed E-state index contributed by atoms with van der Waals surface area (Å²) in [6, 6.07) is -1.77. The number of rotatable bonds is 5. The van der Waals surface area contributed by atoms with E-state index in [9.17, 15) is 23.8 Å². The number of carbonyl (C=O) groups is 1. The molecule has 1 rings (SSSR count). The average Bonchev–Trinajstić information content (AvgIpc) is 2.31. The number of aliphatic carboxylic acids is 1. The van der Waals surface area contributed by atoms with Crippen molar-refractivity contribution in [3.8, 4) is 0 Å². The smallest absolute Gasteiger partial charge is 0.320 e. The Bertz CT molecular complexity index is 329. The Morgan fingerprint density at radius 2 is 2.05 bits per heavy atom. The van der Waals surface area contributed by atoms with Crippen LogP contribution in [0.4, 0.5) is 8.78 Å². The molecule has 9 heteroatoms. The average molecular weight is 285 g/mol. The molecule has 0 aromatic rings. The van der Waals surface area contributed by atoms with Gasteiger partial charge in [0.15, 0.2) is 0 Å². The van der Waals surface area contributed by atoms with Crippen LogP contribution < -0.4 is 5.73 Å². The summed E-state index contributed by atoms with van der Waals surface area (Å²) in [5.41, 5.74) is 5.04. The molecule has 19 heavy (non-hydrogen) atoms. The maximum Gasteiger partial charge on any atom is 0.320 e. The monoisotopic (exact) mass is 285 g/mol. The molecule has 0 aromatic heterocycles. The topological polar surface area (TPSA) is 133 Å². The van der Waals surface area contributed by atoms with Gasteiger partial charge in [0, 0.05) is 12.8 Å². The first-order valence-corrected chi connectivity index (χ1v) is 5.67. The van der Waals surface area contributed by atoms with Crippen LogP contribution in [0.25, 0.3) is 0 Å². The highest BCUT2D eigenvalue weighted by atomic mass is 19.3. The Morgan fingerprint density at radius 3 is 2.53 bits per heavy atom. The van der Waals surface area contributed by atoms with E-state index in [1.54, 1.807) is 0 Å². The van der Waals surface area contributed by atoms with Gasteiger partial charge >= 0.3 is 5.97 Å². The molecule has 0 spiro atoms. The molecular formula is C10H17F2NO6. The van der Waals surface area contributed by atoms with Gasteiger partial charge in [0.2, 0.25) is 0 Å². The molecule has 1 saturated heterocycles. The van der Waals surface area contributed by atoms with Crippen molar-refractivity contribution in [3.05, 3.63) is 0 Å². The standard InChI is InChI=1S/C10H17F2NO6/c11-10(12,2-4(13)9(17)18)7-1-5(15)8(16)6(3-14)19-7/h4-8,14-16H,1-3,13H2,(H,17,18)/t4?,5-,6-,7+,8-/m1/s1. The van der Waals surface area contributed by atoms with Crippen molar-refractivity contribution in [3.63, 3.8) is 0 Å². The van der Waals surface area contributed by atoms with E-state index >= 15 is 0 Å². The molecule has 7 nitrogen and oxygen atoms in total. The Balaban J connectivity index is 2.75. The summed E-state index contributed by atoms with van der Waals surface area (Å²) in [6.07, 6.45) is -7.84. The zero-order valence-electron chi connectivity index (χ0n) is 9.95. The van der Waals surface area contributed by atoms with Crippen LogP contribution in [-0.4, -0.2) is 69.4 Å². The number of hydrogen-bond donors (Lipinski definition) is 5. The van der Waals surface area contributed by atoms with E-state index < -0.39 is 61.8 Å². The van der Waals surface area contributed by atoms with Crippen molar-refractivity contribution in [1.29, 1.82) is 0 Å². The van der Waals surface area contributed by atoms with Crippen LogP contribution in [0.1, 0.15) is 12.8 Å². The molecule has 1 heterocycles. The zero-order valence-corrected chi connectivity index (χ0v) is 9.95. The summed E-state index contributed by atoms with van der Waals surface area (Å²) in [6.45, 7) is -0.740. The lowest BCUT2D eigenvalue weighted by molar-refractivity contribution is -0.241. The summed E-state index contributed by atoms with van der Waals surface area (Å²) < 4.78 is 32.4. The second-order valence-corrected chi connectivity index (χ2v) is 4.55. The fourth-order valence-electron chi connectivity index (χ4n) is 1.89. The van der Waals surface area contributed by atoms with Gasteiger partial charge in [0.1, 0.15) is 24.4 Å². The number of halogens is 2. The summed E-state index contributed by atoms with van der Waals surface area (Å²) in [5.74, 6) is -5.17. The van der Waals surface area contributed by atoms with Gasteiger partial charge in [-0.25, -0.2) is 8.78 Å². The van der Waals surface area contributed by atoms with Gasteiger partial charge in [0.05, 0.1) is 12.7 Å². The first-order valence-electron chi connectivity index (χ1n) is 5.67. The molecule has 0 aromatic carbocycles. The van der Waals surface area contributed by atoms with E-state index in [0.29, 0.717) is 0 Å². The number of ether oxygens (including phenoxy) is 1. The number of carboxylic acids is 1. The third kappa shape index (κ3) is 3.80. The van der Waals surface area contributed by atoms with Gasteiger partial charge in [-0.15, -0.1) is 0 Å². The molecule has 112 valence electrons. The maximum atomic E-state index is 13.8. The van der Waals surface area contributed by atoms with E-state index in [1.807, 2.05) is 0 Å². The van der Waals surface area contributed by atoms with Crippen LogP contribution in [-0.2, 0) is 9.53 Å². The van der Waals surface area contributed by atoms with Crippen LogP contribution in [0, 0.1) is 0 Å². The molecule has 6 N–H and O–H groups in total. The minimum atomic E-state index is -3.59. The lowest BCUT2D eigenvalue weighted by Gasteiger charge is -2.39. The van der Waals surface area contributed by atoms with Crippen molar-refractivity contribution in [2.45, 2.75) is 49.2 Å². The van der Waals surface area contributed by atoms with Gasteiger partial charge in [-0.1, -0.05) is 0 Å². The number of alkyl halides is 2. The van der Waals surface area contributed by atoms with Crippen LogP contribution in [0.15, 0.2) is 0 Å². The van der Waals surface area contributed by atoms with Crippen LogP contribution in [0.3, 0.4) is 0 Å². The summed E-state index contributed by atoms with van der Waals surface area (Å²) in [4.78, 5) is 10.5. The summed E-state index contributed by atoms with van der Waals surface area (Å²) in [7, 11) is 0. The summed E-state index contributed by atoms with van der Waals surface area (Å²) >= 11 is 0. The lowest BCUT2D eigenvalue weighted by atomic mass is 9.92. The number of hydrogen-bond acceptors (Lipinski definition) is 6. The highest BCUT2D eigenvalue weighted by molar-refractivity contribution is 5.73. The fourth-order valence-corrected chi connectivity index (χ4v) is 1.89. The third-order valence-corrected chi connectivity index (χ3v) is 3.03. The minimum absolute atomic E-state index is 0.572. The molecular weight excluding hydrogens is 268 g/mol. The van der Waals surface area contributed by atoms with Crippen molar-refractivity contribution in [2.75, 3.05) is 6.61 Å². The number of aliphatic hydroxyl groups excluding tert-OH is 3. The van der Waals surface area contributed by atoms with Crippen LogP contribution >= 0.6 is 0 Å². The third-order valence-electron chi connectivity index (χ3n) is 3.03. The van der Waals surface area contributed by atoms with Gasteiger partial charge in [0.25, 0.3) is 5.92 Å². The van der Waals surface area contributed by atoms with Gasteiger partial charge in [-0.3, -0.25) is 4.79 Å². The van der Waals surface area contributed by atoms with E-state index in [1.165, 1.54) is 0 Å². The predicted molar refractivity (Wildman–Crippen MR) is 57.6 cm³/mol. The summed E-state index contributed by atoms with van der Waals surface area (Å²) in [5, 5.41) is 36.2. The van der Waals surface area contributed by atoms with Gasteiger partial charge in [-0.2, -0.15) is 0 Å². The molecule has 1 unspecified atom stereocenters. The number of aliphatic hydroxyl groups is 3. The SMILES string of the molecule is NC(CC(F)(F)[C@@H]1C[C@@H](O)[C@@H](O)[C@@H](CO)O1)C(=O)O. The molecule has 5 atom stereocenters. The predicted octanol–water partition coefficient (Wildman–Crippen LogP) is -1.70. The molecule has 0 saturated carbocycles. The molecule has 1 aliphatic heterocycles. The molecule has 0 bridgehead atoms. The van der Waals surface area contributed by atoms with E-state index in [4.69, 9.17) is 20.7 Å². The maximum absolute atomic E-state index is 13.8. The van der Waals surface area contributed by atoms with Crippen molar-refractivity contribution >= 4 is 5.97 Å². The second kappa shape index (κ2) is 6.06. The fraction of sp³-hybridized carbons (Fsp3) is 0.900. The van der Waals surface area contributed by atoms with Gasteiger partial charge in [-0.05, 0) is 0 Å².